The van der Waals surface area contributed by atoms with Crippen molar-refractivity contribution in [3.05, 3.63) is 62.5 Å². The second-order valence-electron chi connectivity index (χ2n) is 4.37. The van der Waals surface area contributed by atoms with Gasteiger partial charge in [0.1, 0.15) is 11.6 Å². The number of halogens is 2. The molecule has 0 saturated carbocycles. The molecule has 0 aliphatic heterocycles. The summed E-state index contributed by atoms with van der Waals surface area (Å²) in [5.41, 5.74) is 3.87. The summed E-state index contributed by atoms with van der Waals surface area (Å²) in [5, 5.41) is 13.7. The third kappa shape index (κ3) is 4.01. The summed E-state index contributed by atoms with van der Waals surface area (Å²) in [7, 11) is 0. The Labute approximate surface area is 134 Å². The summed E-state index contributed by atoms with van der Waals surface area (Å²) >= 11 is 2.13. The zero-order chi connectivity index (χ0) is 15.4. The summed E-state index contributed by atoms with van der Waals surface area (Å²) in [4.78, 5) is 11.8. The molecule has 21 heavy (non-hydrogen) atoms. The van der Waals surface area contributed by atoms with Crippen molar-refractivity contribution >= 4 is 34.7 Å². The second kappa shape index (κ2) is 6.66. The number of aryl methyl sites for hydroxylation is 1. The third-order valence-corrected chi connectivity index (χ3v) is 3.39. The maximum absolute atomic E-state index is 12.8. The minimum Gasteiger partial charge on any atom is -0.507 e. The summed E-state index contributed by atoms with van der Waals surface area (Å²) < 4.78 is 13.7. The first kappa shape index (κ1) is 15.4. The first-order valence-corrected chi connectivity index (χ1v) is 7.13. The molecule has 1 amide bonds. The van der Waals surface area contributed by atoms with Crippen molar-refractivity contribution in [2.24, 2.45) is 5.10 Å². The Balaban J connectivity index is 2.09. The third-order valence-electron chi connectivity index (χ3n) is 2.77. The molecule has 2 rings (SSSR count). The lowest BCUT2D eigenvalue weighted by molar-refractivity contribution is 0.0955. The molecule has 0 unspecified atom stereocenters. The molecule has 0 fully saturated rings. The van der Waals surface area contributed by atoms with Gasteiger partial charge in [-0.25, -0.2) is 9.82 Å². The van der Waals surface area contributed by atoms with Gasteiger partial charge < -0.3 is 5.11 Å². The van der Waals surface area contributed by atoms with E-state index < -0.39 is 11.7 Å². The van der Waals surface area contributed by atoms with E-state index in [2.05, 4.69) is 33.1 Å². The van der Waals surface area contributed by atoms with Gasteiger partial charge in [-0.3, -0.25) is 4.79 Å². The molecule has 0 atom stereocenters. The first-order chi connectivity index (χ1) is 9.97. The summed E-state index contributed by atoms with van der Waals surface area (Å²) in [5.74, 6) is -0.738. The molecule has 4 nitrogen and oxygen atoms in total. The van der Waals surface area contributed by atoms with Crippen LogP contribution in [-0.4, -0.2) is 17.2 Å². The van der Waals surface area contributed by atoms with Crippen LogP contribution in [0.1, 0.15) is 21.5 Å². The zero-order valence-corrected chi connectivity index (χ0v) is 13.3. The van der Waals surface area contributed by atoms with E-state index in [1.54, 1.807) is 13.0 Å². The smallest absolute Gasteiger partial charge is 0.271 e. The lowest BCUT2D eigenvalue weighted by Crippen LogP contribution is -2.17. The Morgan fingerprint density at radius 2 is 2.00 bits per heavy atom. The quantitative estimate of drug-likeness (QED) is 0.474. The maximum Gasteiger partial charge on any atom is 0.271 e. The molecule has 0 aliphatic carbocycles. The van der Waals surface area contributed by atoms with Crippen molar-refractivity contribution in [1.82, 2.24) is 5.43 Å². The van der Waals surface area contributed by atoms with Gasteiger partial charge in [-0.2, -0.15) is 5.10 Å². The Morgan fingerprint density at radius 1 is 1.33 bits per heavy atom. The first-order valence-electron chi connectivity index (χ1n) is 6.05. The van der Waals surface area contributed by atoms with Crippen LogP contribution < -0.4 is 5.43 Å². The van der Waals surface area contributed by atoms with Crippen LogP contribution in [0.3, 0.4) is 0 Å². The molecule has 0 radical (unpaired) electrons. The summed E-state index contributed by atoms with van der Waals surface area (Å²) in [6, 6.07) is 8.72. The van der Waals surface area contributed by atoms with E-state index in [0.29, 0.717) is 11.1 Å². The molecule has 2 aromatic carbocycles. The number of hydrogen-bond donors (Lipinski definition) is 2. The van der Waals surface area contributed by atoms with Gasteiger partial charge in [0.15, 0.2) is 0 Å². The molecule has 2 N–H and O–H groups in total. The fourth-order valence-electron chi connectivity index (χ4n) is 1.69. The molecule has 0 aliphatic rings. The van der Waals surface area contributed by atoms with Crippen LogP contribution in [0.4, 0.5) is 4.39 Å². The largest absolute Gasteiger partial charge is 0.507 e. The Kier molecular flexibility index (Phi) is 4.89. The van der Waals surface area contributed by atoms with Gasteiger partial charge in [0.25, 0.3) is 5.91 Å². The number of phenolic OH excluding ortho intramolecular Hbond substituents is 1. The lowest BCUT2D eigenvalue weighted by Gasteiger charge is -2.04. The monoisotopic (exact) mass is 398 g/mol. The van der Waals surface area contributed by atoms with E-state index in [1.165, 1.54) is 30.5 Å². The fourth-order valence-corrected chi connectivity index (χ4v) is 2.49. The molecule has 2 aromatic rings. The van der Waals surface area contributed by atoms with Crippen LogP contribution in [-0.2, 0) is 0 Å². The van der Waals surface area contributed by atoms with Crippen molar-refractivity contribution in [1.29, 1.82) is 0 Å². The standard InChI is InChI=1S/C15H12FIN2O2/c1-9-6-13(17)7-11(14(9)20)8-18-19-15(21)10-2-4-12(16)5-3-10/h2-8,20H,1H3,(H,19,21)/b18-8+. The van der Waals surface area contributed by atoms with Gasteiger partial charge in [0.05, 0.1) is 6.21 Å². The van der Waals surface area contributed by atoms with E-state index in [-0.39, 0.29) is 5.75 Å². The van der Waals surface area contributed by atoms with E-state index in [4.69, 9.17) is 0 Å². The highest BCUT2D eigenvalue weighted by molar-refractivity contribution is 14.1. The SMILES string of the molecule is Cc1cc(I)cc(/C=N/NC(=O)c2ccc(F)cc2)c1O. The second-order valence-corrected chi connectivity index (χ2v) is 5.61. The number of nitrogens with one attached hydrogen (secondary N) is 1. The molecule has 6 heteroatoms. The number of rotatable bonds is 3. The average molecular weight is 398 g/mol. The van der Waals surface area contributed by atoms with Gasteiger partial charge in [0.2, 0.25) is 0 Å². The van der Waals surface area contributed by atoms with Crippen molar-refractivity contribution in [3.8, 4) is 5.75 Å². The Bertz CT molecular complexity index is 700. The molecule has 108 valence electrons. The van der Waals surface area contributed by atoms with E-state index in [0.717, 1.165) is 9.13 Å². The van der Waals surface area contributed by atoms with Crippen molar-refractivity contribution in [2.75, 3.05) is 0 Å². The number of hydrogen-bond acceptors (Lipinski definition) is 3. The number of amides is 1. The van der Waals surface area contributed by atoms with E-state index in [9.17, 15) is 14.3 Å². The van der Waals surface area contributed by atoms with Crippen molar-refractivity contribution in [2.45, 2.75) is 6.92 Å². The molecule has 0 heterocycles. The van der Waals surface area contributed by atoms with Gasteiger partial charge in [0, 0.05) is 14.7 Å². The van der Waals surface area contributed by atoms with Crippen LogP contribution in [0.25, 0.3) is 0 Å². The molecular weight excluding hydrogens is 386 g/mol. The zero-order valence-electron chi connectivity index (χ0n) is 11.1. The highest BCUT2D eigenvalue weighted by Crippen LogP contribution is 2.23. The fraction of sp³-hybridized carbons (Fsp3) is 0.0667. The Morgan fingerprint density at radius 3 is 2.67 bits per heavy atom. The van der Waals surface area contributed by atoms with E-state index >= 15 is 0 Å². The number of hydrazone groups is 1. The van der Waals surface area contributed by atoms with Crippen molar-refractivity contribution < 1.29 is 14.3 Å². The van der Waals surface area contributed by atoms with Crippen molar-refractivity contribution in [3.63, 3.8) is 0 Å². The van der Waals surface area contributed by atoms with Gasteiger partial charge >= 0.3 is 0 Å². The lowest BCUT2D eigenvalue weighted by atomic mass is 10.1. The van der Waals surface area contributed by atoms with Crippen LogP contribution in [0.5, 0.6) is 5.75 Å². The molecule has 0 spiro atoms. The number of carbonyl (C=O) groups excluding carboxylic acids is 1. The molecule has 0 bridgehead atoms. The minimum absolute atomic E-state index is 0.121. The topological polar surface area (TPSA) is 61.7 Å². The van der Waals surface area contributed by atoms with Crippen LogP contribution >= 0.6 is 22.6 Å². The number of aromatic hydroxyl groups is 1. The minimum atomic E-state index is -0.451. The average Bonchev–Trinajstić information content (AvgIpc) is 2.44. The number of phenols is 1. The van der Waals surface area contributed by atoms with Gasteiger partial charge in [-0.15, -0.1) is 0 Å². The highest BCUT2D eigenvalue weighted by Gasteiger charge is 2.06. The normalized spacial score (nSPS) is 10.8. The molecule has 0 aromatic heterocycles. The predicted molar refractivity (Wildman–Crippen MR) is 87.0 cm³/mol. The summed E-state index contributed by atoms with van der Waals surface area (Å²) in [6.07, 6.45) is 1.37. The predicted octanol–water partition coefficient (Wildman–Crippen LogP) is 3.21. The van der Waals surface area contributed by atoms with E-state index in [1.807, 2.05) is 6.07 Å². The molecular formula is C15H12FIN2O2. The maximum atomic E-state index is 12.8. The van der Waals surface area contributed by atoms with Crippen LogP contribution in [0.15, 0.2) is 41.5 Å². The number of benzene rings is 2. The van der Waals surface area contributed by atoms with Crippen LogP contribution in [0, 0.1) is 16.3 Å². The Hall–Kier alpha value is -1.96. The number of nitrogens with zero attached hydrogens (tertiary/aromatic N) is 1. The van der Waals surface area contributed by atoms with Gasteiger partial charge in [-0.05, 0) is 71.5 Å². The summed E-state index contributed by atoms with van der Waals surface area (Å²) in [6.45, 7) is 1.78. The van der Waals surface area contributed by atoms with Crippen LogP contribution in [0.2, 0.25) is 0 Å². The number of carbonyl (C=O) groups is 1. The van der Waals surface area contributed by atoms with Gasteiger partial charge in [-0.1, -0.05) is 0 Å². The molecule has 0 saturated heterocycles. The highest BCUT2D eigenvalue weighted by atomic mass is 127.